The fraction of sp³-hybridized carbons (Fsp3) is 0.562. The number of aliphatic hydroxyl groups is 1. The normalized spacial score (nSPS) is 27.1. The van der Waals surface area contributed by atoms with E-state index in [4.69, 9.17) is 0 Å². The molecule has 1 aromatic rings. The van der Waals surface area contributed by atoms with Gasteiger partial charge in [-0.15, -0.1) is 0 Å². The van der Waals surface area contributed by atoms with E-state index < -0.39 is 11.5 Å². The standard InChI is InChI=1S/C16H19FO2/c17-13-7-2-1-6-12(13)16(9-4-10-16)15(19)11-5-3-8-14(11)18/h1-2,6-7,11,15,19H,3-5,8-10H2. The van der Waals surface area contributed by atoms with Crippen molar-refractivity contribution in [1.82, 2.24) is 0 Å². The molecule has 2 atom stereocenters. The Morgan fingerprint density at radius 1 is 1.26 bits per heavy atom. The Morgan fingerprint density at radius 3 is 2.53 bits per heavy atom. The van der Waals surface area contributed by atoms with E-state index in [2.05, 4.69) is 0 Å². The summed E-state index contributed by atoms with van der Waals surface area (Å²) in [7, 11) is 0. The Kier molecular flexibility index (Phi) is 3.17. The predicted molar refractivity (Wildman–Crippen MR) is 70.3 cm³/mol. The number of rotatable bonds is 3. The van der Waals surface area contributed by atoms with Crippen LogP contribution in [0.4, 0.5) is 4.39 Å². The van der Waals surface area contributed by atoms with Gasteiger partial charge in [0.15, 0.2) is 0 Å². The first-order valence-corrected chi connectivity index (χ1v) is 7.11. The van der Waals surface area contributed by atoms with E-state index in [0.717, 1.165) is 32.1 Å². The summed E-state index contributed by atoms with van der Waals surface area (Å²) >= 11 is 0. The summed E-state index contributed by atoms with van der Waals surface area (Å²) in [4.78, 5) is 11.9. The van der Waals surface area contributed by atoms with E-state index in [9.17, 15) is 14.3 Å². The number of hydrogen-bond acceptors (Lipinski definition) is 2. The Balaban J connectivity index is 1.95. The highest BCUT2D eigenvalue weighted by molar-refractivity contribution is 5.83. The van der Waals surface area contributed by atoms with Crippen molar-refractivity contribution < 1.29 is 14.3 Å². The fourth-order valence-electron chi connectivity index (χ4n) is 3.71. The average molecular weight is 262 g/mol. The van der Waals surface area contributed by atoms with Gasteiger partial charge in [-0.3, -0.25) is 4.79 Å². The first-order chi connectivity index (χ1) is 9.15. The van der Waals surface area contributed by atoms with Gasteiger partial charge in [0.05, 0.1) is 6.10 Å². The molecular weight excluding hydrogens is 243 g/mol. The van der Waals surface area contributed by atoms with E-state index in [1.165, 1.54) is 6.07 Å². The Hall–Kier alpha value is -1.22. The lowest BCUT2D eigenvalue weighted by atomic mass is 9.58. The lowest BCUT2D eigenvalue weighted by molar-refractivity contribution is -0.127. The molecule has 19 heavy (non-hydrogen) atoms. The van der Waals surface area contributed by atoms with Gasteiger partial charge in [0.2, 0.25) is 0 Å². The molecule has 2 aliphatic carbocycles. The molecule has 3 rings (SSSR count). The number of halogens is 1. The van der Waals surface area contributed by atoms with Crippen LogP contribution in [0.1, 0.15) is 44.1 Å². The van der Waals surface area contributed by atoms with Gasteiger partial charge in [-0.2, -0.15) is 0 Å². The van der Waals surface area contributed by atoms with E-state index in [1.54, 1.807) is 12.1 Å². The second-order valence-corrected chi connectivity index (χ2v) is 5.90. The molecule has 1 N–H and O–H groups in total. The zero-order valence-electron chi connectivity index (χ0n) is 10.9. The summed E-state index contributed by atoms with van der Waals surface area (Å²) < 4.78 is 14.1. The molecule has 102 valence electrons. The molecule has 0 aromatic heterocycles. The van der Waals surface area contributed by atoms with Gasteiger partial charge >= 0.3 is 0 Å². The van der Waals surface area contributed by atoms with Crippen molar-refractivity contribution in [3.05, 3.63) is 35.6 Å². The van der Waals surface area contributed by atoms with Crippen LogP contribution in [0.25, 0.3) is 0 Å². The SMILES string of the molecule is O=C1CCCC1C(O)C1(c2ccccc2F)CCC1. The topological polar surface area (TPSA) is 37.3 Å². The van der Waals surface area contributed by atoms with Crippen LogP contribution in [0, 0.1) is 11.7 Å². The van der Waals surface area contributed by atoms with Gasteiger partial charge in [0, 0.05) is 17.8 Å². The largest absolute Gasteiger partial charge is 0.391 e. The van der Waals surface area contributed by atoms with Gasteiger partial charge in [0.1, 0.15) is 11.6 Å². The average Bonchev–Trinajstić information content (AvgIpc) is 2.76. The van der Waals surface area contributed by atoms with Gasteiger partial charge in [-0.1, -0.05) is 24.6 Å². The van der Waals surface area contributed by atoms with Crippen molar-refractivity contribution >= 4 is 5.78 Å². The third-order valence-electron chi connectivity index (χ3n) is 4.96. The number of aliphatic hydroxyl groups excluding tert-OH is 1. The predicted octanol–water partition coefficient (Wildman–Crippen LogP) is 2.98. The summed E-state index contributed by atoms with van der Waals surface area (Å²) in [5.74, 6) is -0.401. The Labute approximate surface area is 112 Å². The Bertz CT molecular complexity index is 493. The van der Waals surface area contributed by atoms with Crippen LogP contribution in [0.2, 0.25) is 0 Å². The molecule has 1 aromatic carbocycles. The number of carbonyl (C=O) groups excluding carboxylic acids is 1. The molecule has 0 radical (unpaired) electrons. The van der Waals surface area contributed by atoms with Crippen molar-refractivity contribution in [2.45, 2.75) is 50.0 Å². The van der Waals surface area contributed by atoms with Crippen molar-refractivity contribution in [1.29, 1.82) is 0 Å². The number of hydrogen-bond donors (Lipinski definition) is 1. The number of benzene rings is 1. The first kappa shape index (κ1) is 12.8. The third-order valence-corrected chi connectivity index (χ3v) is 4.96. The third kappa shape index (κ3) is 1.91. The summed E-state index contributed by atoms with van der Waals surface area (Å²) in [5, 5.41) is 10.7. The first-order valence-electron chi connectivity index (χ1n) is 7.11. The number of carbonyl (C=O) groups is 1. The molecule has 2 unspecified atom stereocenters. The minimum Gasteiger partial charge on any atom is -0.391 e. The second kappa shape index (κ2) is 4.71. The molecule has 0 spiro atoms. The lowest BCUT2D eigenvalue weighted by Crippen LogP contribution is -2.50. The van der Waals surface area contributed by atoms with Gasteiger partial charge in [-0.05, 0) is 37.3 Å². The monoisotopic (exact) mass is 262 g/mol. The number of ketones is 1. The van der Waals surface area contributed by atoms with E-state index >= 15 is 0 Å². The maximum Gasteiger partial charge on any atom is 0.138 e. The molecule has 2 nitrogen and oxygen atoms in total. The molecule has 0 aliphatic heterocycles. The van der Waals surface area contributed by atoms with Crippen LogP contribution in [0.5, 0.6) is 0 Å². The molecule has 0 amide bonds. The Morgan fingerprint density at radius 2 is 2.00 bits per heavy atom. The van der Waals surface area contributed by atoms with Crippen LogP contribution in [-0.2, 0) is 10.2 Å². The van der Waals surface area contributed by atoms with Crippen LogP contribution in [0.15, 0.2) is 24.3 Å². The minimum atomic E-state index is -0.729. The molecule has 0 saturated heterocycles. The van der Waals surface area contributed by atoms with Crippen molar-refractivity contribution in [3.8, 4) is 0 Å². The van der Waals surface area contributed by atoms with Crippen molar-refractivity contribution in [2.24, 2.45) is 5.92 Å². The maximum absolute atomic E-state index is 14.1. The molecule has 0 bridgehead atoms. The van der Waals surface area contributed by atoms with Crippen LogP contribution in [-0.4, -0.2) is 17.0 Å². The van der Waals surface area contributed by atoms with E-state index in [0.29, 0.717) is 12.0 Å². The number of Topliss-reactive ketones (excluding diaryl/α,β-unsaturated/α-hetero) is 1. The second-order valence-electron chi connectivity index (χ2n) is 5.90. The highest BCUT2D eigenvalue weighted by Gasteiger charge is 2.51. The van der Waals surface area contributed by atoms with Gasteiger partial charge in [0.25, 0.3) is 0 Å². The van der Waals surface area contributed by atoms with Crippen LogP contribution < -0.4 is 0 Å². The smallest absolute Gasteiger partial charge is 0.138 e. The van der Waals surface area contributed by atoms with Crippen molar-refractivity contribution in [2.75, 3.05) is 0 Å². The van der Waals surface area contributed by atoms with Crippen molar-refractivity contribution in [3.63, 3.8) is 0 Å². The highest BCUT2D eigenvalue weighted by Crippen LogP contribution is 2.50. The van der Waals surface area contributed by atoms with Crippen LogP contribution >= 0.6 is 0 Å². The molecule has 2 aliphatic rings. The summed E-state index contributed by atoms with van der Waals surface area (Å²) in [6.45, 7) is 0. The summed E-state index contributed by atoms with van der Waals surface area (Å²) in [5.41, 5.74) is 0.0594. The summed E-state index contributed by atoms with van der Waals surface area (Å²) in [6, 6.07) is 6.68. The molecule has 0 heterocycles. The minimum absolute atomic E-state index is 0.148. The zero-order chi connectivity index (χ0) is 13.5. The molecule has 3 heteroatoms. The zero-order valence-corrected chi connectivity index (χ0v) is 10.9. The van der Waals surface area contributed by atoms with E-state index in [1.807, 2.05) is 6.07 Å². The highest BCUT2D eigenvalue weighted by atomic mass is 19.1. The quantitative estimate of drug-likeness (QED) is 0.909. The fourth-order valence-corrected chi connectivity index (χ4v) is 3.71. The maximum atomic E-state index is 14.1. The van der Waals surface area contributed by atoms with E-state index in [-0.39, 0.29) is 17.5 Å². The van der Waals surface area contributed by atoms with Gasteiger partial charge in [-0.25, -0.2) is 4.39 Å². The van der Waals surface area contributed by atoms with Crippen LogP contribution in [0.3, 0.4) is 0 Å². The molecule has 2 fully saturated rings. The molecular formula is C16H19FO2. The summed E-state index contributed by atoms with van der Waals surface area (Å²) in [6.07, 6.45) is 3.98. The van der Waals surface area contributed by atoms with Gasteiger partial charge < -0.3 is 5.11 Å². The molecule has 2 saturated carbocycles. The lowest BCUT2D eigenvalue weighted by Gasteiger charge is -2.47.